The van der Waals surface area contributed by atoms with Gasteiger partial charge in [0.2, 0.25) is 0 Å². The molecule has 0 bridgehead atoms. The second-order valence-corrected chi connectivity index (χ2v) is 3.15. The van der Waals surface area contributed by atoms with Crippen LogP contribution >= 0.6 is 0 Å². The van der Waals surface area contributed by atoms with Crippen LogP contribution in [0.25, 0.3) is 0 Å². The Morgan fingerprint density at radius 2 is 1.67 bits per heavy atom. The third kappa shape index (κ3) is 3.86. The van der Waals surface area contributed by atoms with E-state index in [0.29, 0.717) is 0 Å². The van der Waals surface area contributed by atoms with Gasteiger partial charge in [0.25, 0.3) is 0 Å². The highest BCUT2D eigenvalue weighted by atomic mass is 16.1. The van der Waals surface area contributed by atoms with Gasteiger partial charge in [-0.3, -0.25) is 4.90 Å². The standard InChI is InChI=1S/C10H21NO/c1-4-7-11(8-5-2)10(6-3)9-12/h9-10H,4-8H2,1-3H3. The lowest BCUT2D eigenvalue weighted by Gasteiger charge is -2.26. The van der Waals surface area contributed by atoms with Crippen LogP contribution in [0, 0.1) is 0 Å². The molecule has 0 saturated carbocycles. The van der Waals surface area contributed by atoms with Crippen LogP contribution in [0.4, 0.5) is 0 Å². The fourth-order valence-corrected chi connectivity index (χ4v) is 1.46. The minimum absolute atomic E-state index is 0.143. The van der Waals surface area contributed by atoms with Crippen molar-refractivity contribution >= 4 is 6.29 Å². The van der Waals surface area contributed by atoms with E-state index in [1.54, 1.807) is 0 Å². The lowest BCUT2D eigenvalue weighted by Crippen LogP contribution is -2.37. The highest BCUT2D eigenvalue weighted by molar-refractivity contribution is 5.57. The van der Waals surface area contributed by atoms with Gasteiger partial charge in [-0.15, -0.1) is 0 Å². The van der Waals surface area contributed by atoms with Crippen molar-refractivity contribution < 1.29 is 4.79 Å². The van der Waals surface area contributed by atoms with Crippen LogP contribution in [-0.4, -0.2) is 30.3 Å². The molecule has 2 nitrogen and oxygen atoms in total. The molecule has 0 rings (SSSR count). The Bertz CT molecular complexity index is 108. The van der Waals surface area contributed by atoms with E-state index in [4.69, 9.17) is 0 Å². The van der Waals surface area contributed by atoms with Gasteiger partial charge in [-0.2, -0.15) is 0 Å². The molecule has 0 aromatic rings. The van der Waals surface area contributed by atoms with Gasteiger partial charge in [-0.25, -0.2) is 0 Å². The summed E-state index contributed by atoms with van der Waals surface area (Å²) < 4.78 is 0. The Balaban J connectivity index is 3.94. The zero-order valence-corrected chi connectivity index (χ0v) is 8.55. The molecule has 1 unspecified atom stereocenters. The zero-order chi connectivity index (χ0) is 9.40. The van der Waals surface area contributed by atoms with E-state index in [-0.39, 0.29) is 6.04 Å². The fourth-order valence-electron chi connectivity index (χ4n) is 1.46. The topological polar surface area (TPSA) is 20.3 Å². The molecule has 0 amide bonds. The number of aldehydes is 1. The van der Waals surface area contributed by atoms with Crippen LogP contribution in [0.15, 0.2) is 0 Å². The van der Waals surface area contributed by atoms with Crippen LogP contribution in [-0.2, 0) is 4.79 Å². The van der Waals surface area contributed by atoms with E-state index in [9.17, 15) is 4.79 Å². The molecule has 0 aliphatic rings. The summed E-state index contributed by atoms with van der Waals surface area (Å²) in [6.45, 7) is 8.47. The lowest BCUT2D eigenvalue weighted by molar-refractivity contribution is -0.112. The first-order chi connectivity index (χ1) is 5.79. The van der Waals surface area contributed by atoms with Gasteiger partial charge in [0.1, 0.15) is 6.29 Å². The molecule has 0 aromatic heterocycles. The van der Waals surface area contributed by atoms with E-state index >= 15 is 0 Å². The van der Waals surface area contributed by atoms with Gasteiger partial charge in [0.15, 0.2) is 0 Å². The first kappa shape index (κ1) is 11.6. The monoisotopic (exact) mass is 171 g/mol. The van der Waals surface area contributed by atoms with Crippen molar-refractivity contribution in [3.63, 3.8) is 0 Å². The van der Waals surface area contributed by atoms with Gasteiger partial charge < -0.3 is 4.79 Å². The van der Waals surface area contributed by atoms with Crippen LogP contribution < -0.4 is 0 Å². The molecule has 0 spiro atoms. The van der Waals surface area contributed by atoms with Crippen molar-refractivity contribution in [2.45, 2.75) is 46.1 Å². The maximum Gasteiger partial charge on any atom is 0.137 e. The SMILES string of the molecule is CCCN(CCC)C(C=O)CC. The summed E-state index contributed by atoms with van der Waals surface area (Å²) in [4.78, 5) is 13.0. The van der Waals surface area contributed by atoms with Crippen molar-refractivity contribution in [1.29, 1.82) is 0 Å². The Labute approximate surface area is 75.9 Å². The van der Waals surface area contributed by atoms with E-state index in [1.165, 1.54) is 0 Å². The molecule has 0 heterocycles. The minimum Gasteiger partial charge on any atom is -0.302 e. The van der Waals surface area contributed by atoms with Gasteiger partial charge in [0, 0.05) is 0 Å². The molecular formula is C10H21NO. The second kappa shape index (κ2) is 7.29. The van der Waals surface area contributed by atoms with Gasteiger partial charge >= 0.3 is 0 Å². The van der Waals surface area contributed by atoms with E-state index in [2.05, 4.69) is 25.7 Å². The van der Waals surface area contributed by atoms with Crippen LogP contribution in [0.2, 0.25) is 0 Å². The summed E-state index contributed by atoms with van der Waals surface area (Å²) in [5, 5.41) is 0. The Kier molecular flexibility index (Phi) is 7.06. The molecule has 0 aliphatic carbocycles. The molecule has 0 radical (unpaired) electrons. The average molecular weight is 171 g/mol. The number of rotatable bonds is 7. The highest BCUT2D eigenvalue weighted by Gasteiger charge is 2.13. The summed E-state index contributed by atoms with van der Waals surface area (Å²) in [5.41, 5.74) is 0. The van der Waals surface area contributed by atoms with E-state index < -0.39 is 0 Å². The largest absolute Gasteiger partial charge is 0.302 e. The van der Waals surface area contributed by atoms with Crippen LogP contribution in [0.5, 0.6) is 0 Å². The molecule has 0 N–H and O–H groups in total. The number of hydrogen-bond donors (Lipinski definition) is 0. The van der Waals surface area contributed by atoms with Crippen molar-refractivity contribution in [3.8, 4) is 0 Å². The molecule has 12 heavy (non-hydrogen) atoms. The minimum atomic E-state index is 0.143. The molecule has 0 aliphatic heterocycles. The smallest absolute Gasteiger partial charge is 0.137 e. The maximum absolute atomic E-state index is 10.7. The number of carbonyl (C=O) groups is 1. The predicted octanol–water partition coefficient (Wildman–Crippen LogP) is 2.09. The Morgan fingerprint density at radius 1 is 1.17 bits per heavy atom. The summed E-state index contributed by atoms with van der Waals surface area (Å²) in [5.74, 6) is 0. The quantitative estimate of drug-likeness (QED) is 0.547. The summed E-state index contributed by atoms with van der Waals surface area (Å²) in [7, 11) is 0. The first-order valence-electron chi connectivity index (χ1n) is 4.99. The molecule has 0 saturated heterocycles. The molecule has 2 heteroatoms. The number of carbonyl (C=O) groups excluding carboxylic acids is 1. The van der Waals surface area contributed by atoms with Crippen molar-refractivity contribution in [3.05, 3.63) is 0 Å². The van der Waals surface area contributed by atoms with Crippen LogP contribution in [0.3, 0.4) is 0 Å². The molecule has 0 aromatic carbocycles. The fraction of sp³-hybridized carbons (Fsp3) is 0.900. The maximum atomic E-state index is 10.7. The van der Waals surface area contributed by atoms with Gasteiger partial charge in [-0.1, -0.05) is 20.8 Å². The number of nitrogens with zero attached hydrogens (tertiary/aromatic N) is 1. The van der Waals surface area contributed by atoms with E-state index in [1.807, 2.05) is 0 Å². The van der Waals surface area contributed by atoms with Gasteiger partial charge in [-0.05, 0) is 32.4 Å². The number of hydrogen-bond acceptors (Lipinski definition) is 2. The molecular weight excluding hydrogens is 150 g/mol. The Hall–Kier alpha value is -0.370. The first-order valence-corrected chi connectivity index (χ1v) is 4.99. The molecule has 72 valence electrons. The normalized spacial score (nSPS) is 13.3. The van der Waals surface area contributed by atoms with E-state index in [0.717, 1.165) is 38.6 Å². The molecule has 0 fully saturated rings. The second-order valence-electron chi connectivity index (χ2n) is 3.15. The Morgan fingerprint density at radius 3 is 1.92 bits per heavy atom. The van der Waals surface area contributed by atoms with Crippen LogP contribution in [0.1, 0.15) is 40.0 Å². The highest BCUT2D eigenvalue weighted by Crippen LogP contribution is 2.03. The predicted molar refractivity (Wildman–Crippen MR) is 52.3 cm³/mol. The summed E-state index contributed by atoms with van der Waals surface area (Å²) >= 11 is 0. The summed E-state index contributed by atoms with van der Waals surface area (Å²) in [6.07, 6.45) is 4.27. The van der Waals surface area contributed by atoms with Crippen molar-refractivity contribution in [2.24, 2.45) is 0 Å². The summed E-state index contributed by atoms with van der Waals surface area (Å²) in [6, 6.07) is 0.143. The van der Waals surface area contributed by atoms with Crippen molar-refractivity contribution in [1.82, 2.24) is 4.90 Å². The van der Waals surface area contributed by atoms with Gasteiger partial charge in [0.05, 0.1) is 6.04 Å². The third-order valence-corrected chi connectivity index (χ3v) is 2.07. The molecule has 1 atom stereocenters. The lowest BCUT2D eigenvalue weighted by atomic mass is 10.2. The van der Waals surface area contributed by atoms with Crippen molar-refractivity contribution in [2.75, 3.05) is 13.1 Å². The third-order valence-electron chi connectivity index (χ3n) is 2.07. The zero-order valence-electron chi connectivity index (χ0n) is 8.55. The average Bonchev–Trinajstić information content (AvgIpc) is 2.07.